The molecule has 4 aliphatic rings. The van der Waals surface area contributed by atoms with Gasteiger partial charge in [-0.1, -0.05) is 59.1 Å². The molecule has 7 atom stereocenters. The summed E-state index contributed by atoms with van der Waals surface area (Å²) < 4.78 is 27.1. The van der Waals surface area contributed by atoms with Crippen molar-refractivity contribution in [3.63, 3.8) is 0 Å². The first-order chi connectivity index (χ1) is 14.4. The second-order valence-electron chi connectivity index (χ2n) is 11.6. The zero-order chi connectivity index (χ0) is 23.0. The molecule has 0 aromatic carbocycles. The van der Waals surface area contributed by atoms with Crippen LogP contribution in [0, 0.1) is 46.3 Å². The summed E-state index contributed by atoms with van der Waals surface area (Å²) in [5.74, 6) is -0.799. The predicted octanol–water partition coefficient (Wildman–Crippen LogP) is 4.51. The quantitative estimate of drug-likeness (QED) is 0.434. The topological polar surface area (TPSA) is 88.5 Å². The Kier molecular flexibility index (Phi) is 5.32. The van der Waals surface area contributed by atoms with Gasteiger partial charge in [0.05, 0.1) is 15.9 Å². The van der Waals surface area contributed by atoms with Crippen LogP contribution in [0.1, 0.15) is 73.1 Å². The zero-order valence-electron chi connectivity index (χ0n) is 19.6. The molecule has 4 rings (SSSR count). The molecule has 0 aromatic heterocycles. The second-order valence-corrected chi connectivity index (χ2v) is 13.9. The number of allylic oxidation sites excluding steroid dienone is 1. The van der Waals surface area contributed by atoms with Gasteiger partial charge in [-0.15, -0.1) is 0 Å². The molecule has 0 saturated heterocycles. The smallest absolute Gasteiger partial charge is 0.316 e. The lowest BCUT2D eigenvalue weighted by atomic mass is 9.46. The van der Waals surface area contributed by atoms with E-state index < -0.39 is 31.4 Å². The molecule has 0 aliphatic heterocycles. The van der Waals surface area contributed by atoms with Gasteiger partial charge in [0, 0.05) is 0 Å². The maximum Gasteiger partial charge on any atom is 0.316 e. The van der Waals surface area contributed by atoms with Gasteiger partial charge in [-0.3, -0.25) is 4.79 Å². The summed E-state index contributed by atoms with van der Waals surface area (Å²) in [4.78, 5) is 26.3. The number of carboxylic acid groups (broad SMARTS) is 1. The molecule has 4 bridgehead atoms. The third kappa shape index (κ3) is 2.52. The molecule has 5 nitrogen and oxygen atoms in total. The molecular formula is C25H38O5S. The molecule has 6 heteroatoms. The van der Waals surface area contributed by atoms with Gasteiger partial charge < -0.3 is 9.90 Å². The molecule has 0 aromatic rings. The Morgan fingerprint density at radius 2 is 1.90 bits per heavy atom. The van der Waals surface area contributed by atoms with Gasteiger partial charge in [0.25, 0.3) is 0 Å². The van der Waals surface area contributed by atoms with E-state index in [4.69, 9.17) is 0 Å². The Balaban J connectivity index is 1.97. The third-order valence-electron chi connectivity index (χ3n) is 9.59. The highest BCUT2D eigenvalue weighted by atomic mass is 32.2. The van der Waals surface area contributed by atoms with E-state index in [1.165, 1.54) is 0 Å². The van der Waals surface area contributed by atoms with Crippen LogP contribution >= 0.6 is 0 Å². The number of rotatable bonds is 8. The lowest BCUT2D eigenvalue weighted by molar-refractivity contribution is -0.167. The summed E-state index contributed by atoms with van der Waals surface area (Å²) in [6, 6.07) is 0. The van der Waals surface area contributed by atoms with Crippen LogP contribution in [0.15, 0.2) is 11.6 Å². The molecular weight excluding hydrogens is 412 g/mol. The molecule has 0 heterocycles. The Morgan fingerprint density at radius 1 is 1.23 bits per heavy atom. The summed E-state index contributed by atoms with van der Waals surface area (Å²) >= 11 is 0. The fourth-order valence-corrected chi connectivity index (χ4v) is 11.4. The lowest BCUT2D eigenvalue weighted by Gasteiger charge is -2.57. The maximum absolute atomic E-state index is 14.2. The number of aliphatic carboxylic acids is 1. The molecule has 3 saturated carbocycles. The van der Waals surface area contributed by atoms with Crippen molar-refractivity contribution in [3.8, 4) is 0 Å². The van der Waals surface area contributed by atoms with Crippen LogP contribution in [0.3, 0.4) is 0 Å². The number of fused-ring (bicyclic) bond motifs is 2. The number of carboxylic acids is 1. The molecule has 0 radical (unpaired) electrons. The first kappa shape index (κ1) is 23.0. The normalized spacial score (nSPS) is 43.4. The fourth-order valence-electron chi connectivity index (χ4n) is 8.54. The summed E-state index contributed by atoms with van der Waals surface area (Å²) in [6.07, 6.45) is 6.72. The van der Waals surface area contributed by atoms with Gasteiger partial charge in [-0.25, -0.2) is 8.42 Å². The van der Waals surface area contributed by atoms with Gasteiger partial charge in [0.15, 0.2) is 9.84 Å². The number of sulfone groups is 1. The molecule has 0 amide bonds. The van der Waals surface area contributed by atoms with Crippen LogP contribution in [0.25, 0.3) is 0 Å². The van der Waals surface area contributed by atoms with Gasteiger partial charge in [-0.05, 0) is 61.2 Å². The zero-order valence-corrected chi connectivity index (χ0v) is 20.4. The van der Waals surface area contributed by atoms with E-state index in [0.29, 0.717) is 36.7 Å². The molecule has 174 valence electrons. The summed E-state index contributed by atoms with van der Waals surface area (Å²) in [5, 5.41) is 10.9. The Hall–Kier alpha value is -1.17. The molecule has 3 fully saturated rings. The number of carbonyl (C=O) groups excluding carboxylic acids is 1. The highest BCUT2D eigenvalue weighted by Gasteiger charge is 2.87. The van der Waals surface area contributed by atoms with Crippen molar-refractivity contribution in [2.75, 3.05) is 5.75 Å². The monoisotopic (exact) mass is 450 g/mol. The predicted molar refractivity (Wildman–Crippen MR) is 120 cm³/mol. The SMILES string of the molecule is CC(C)CCCS(=O)(=O)[C@]12C[C@H]3[C@@H](C)CC[C@@H]3[C@]3(C=O)C[C@H]1C=C(C(C)C)[C@@]32C(=O)O. The van der Waals surface area contributed by atoms with Gasteiger partial charge in [-0.2, -0.15) is 0 Å². The van der Waals surface area contributed by atoms with Crippen molar-refractivity contribution < 1.29 is 23.1 Å². The second kappa shape index (κ2) is 7.16. The van der Waals surface area contributed by atoms with Crippen LogP contribution in [0.4, 0.5) is 0 Å². The number of hydrogen-bond donors (Lipinski definition) is 1. The van der Waals surface area contributed by atoms with E-state index in [0.717, 1.165) is 25.5 Å². The molecule has 1 N–H and O–H groups in total. The van der Waals surface area contributed by atoms with Crippen molar-refractivity contribution >= 4 is 22.1 Å². The van der Waals surface area contributed by atoms with E-state index in [9.17, 15) is 23.1 Å². The molecule has 0 spiro atoms. The minimum absolute atomic E-state index is 0.0105. The average molecular weight is 451 g/mol. The molecule has 0 unspecified atom stereocenters. The first-order valence-corrected chi connectivity index (χ1v) is 13.7. The van der Waals surface area contributed by atoms with E-state index in [-0.39, 0.29) is 29.4 Å². The lowest BCUT2D eigenvalue weighted by Crippen LogP contribution is -2.68. The van der Waals surface area contributed by atoms with Crippen LogP contribution in [0.5, 0.6) is 0 Å². The van der Waals surface area contributed by atoms with Gasteiger partial charge in [0.2, 0.25) is 0 Å². The van der Waals surface area contributed by atoms with Gasteiger partial charge in [0.1, 0.15) is 11.7 Å². The standard InChI is InChI=1S/C25H38O5S/c1-15(2)7-6-10-31(29,30)24-13-19-17(5)8-9-20(19)23(14-26)12-18(24)11-21(16(3)4)25(23,24)22(27)28/h11,14-20H,6-10,12-13H2,1-5H3,(H,27,28)/t17-,18+,19-,20-,23+,24+,25+/m0/s1. The molecule has 31 heavy (non-hydrogen) atoms. The van der Waals surface area contributed by atoms with Crippen molar-refractivity contribution in [2.45, 2.75) is 77.9 Å². The fraction of sp³-hybridized carbons (Fsp3) is 0.840. The number of hydrogen-bond acceptors (Lipinski definition) is 4. The van der Waals surface area contributed by atoms with Crippen molar-refractivity contribution in [1.82, 2.24) is 0 Å². The first-order valence-electron chi connectivity index (χ1n) is 12.1. The Morgan fingerprint density at radius 3 is 2.45 bits per heavy atom. The van der Waals surface area contributed by atoms with Crippen LogP contribution in [-0.2, 0) is 19.4 Å². The van der Waals surface area contributed by atoms with Crippen molar-refractivity contribution in [3.05, 3.63) is 11.6 Å². The van der Waals surface area contributed by atoms with E-state index in [1.54, 1.807) is 0 Å². The Labute approximate surface area is 187 Å². The number of carbonyl (C=O) groups is 2. The largest absolute Gasteiger partial charge is 0.481 e. The van der Waals surface area contributed by atoms with Crippen LogP contribution < -0.4 is 0 Å². The highest BCUT2D eigenvalue weighted by Crippen LogP contribution is 2.81. The third-order valence-corrected chi connectivity index (χ3v) is 12.3. The maximum atomic E-state index is 14.2. The van der Waals surface area contributed by atoms with Crippen molar-refractivity contribution in [1.29, 1.82) is 0 Å². The summed E-state index contributed by atoms with van der Waals surface area (Å²) in [5.41, 5.74) is -2.05. The molecule has 4 aliphatic carbocycles. The van der Waals surface area contributed by atoms with E-state index in [2.05, 4.69) is 20.8 Å². The van der Waals surface area contributed by atoms with E-state index in [1.807, 2.05) is 19.9 Å². The van der Waals surface area contributed by atoms with E-state index >= 15 is 0 Å². The minimum atomic E-state index is -3.76. The Bertz CT molecular complexity index is 918. The van der Waals surface area contributed by atoms with Crippen LogP contribution in [-0.4, -0.2) is 36.3 Å². The van der Waals surface area contributed by atoms with Crippen LogP contribution in [0.2, 0.25) is 0 Å². The average Bonchev–Trinajstić information content (AvgIpc) is 3.25. The minimum Gasteiger partial charge on any atom is -0.481 e. The van der Waals surface area contributed by atoms with Crippen molar-refractivity contribution in [2.24, 2.45) is 46.3 Å². The summed E-state index contributed by atoms with van der Waals surface area (Å²) in [7, 11) is -3.76. The number of aldehydes is 1. The summed E-state index contributed by atoms with van der Waals surface area (Å²) in [6.45, 7) is 10.2. The van der Waals surface area contributed by atoms with Gasteiger partial charge >= 0.3 is 5.97 Å². The highest BCUT2D eigenvalue weighted by molar-refractivity contribution is 7.93.